The molecule has 0 unspecified atom stereocenters. The van der Waals surface area contributed by atoms with Crippen molar-refractivity contribution in [2.45, 2.75) is 38.6 Å². The smallest absolute Gasteiger partial charge is 0.334 e. The molecule has 1 rings (SSSR count). The summed E-state index contributed by atoms with van der Waals surface area (Å²) in [7, 11) is 1.60. The van der Waals surface area contributed by atoms with E-state index in [9.17, 15) is 20.3 Å². The second kappa shape index (κ2) is 6.67. The van der Waals surface area contributed by atoms with E-state index in [1.807, 2.05) is 6.92 Å². The minimum Gasteiger partial charge on any atom is -0.394 e. The van der Waals surface area contributed by atoms with Crippen LogP contribution in [-0.4, -0.2) is 43.7 Å². The summed E-state index contributed by atoms with van der Waals surface area (Å²) < 4.78 is 1.39. The highest BCUT2D eigenvalue weighted by Gasteiger charge is 2.33. The molecule has 0 fully saturated rings. The van der Waals surface area contributed by atoms with Gasteiger partial charge in [0, 0.05) is 7.05 Å². The molecule has 1 heterocycles. The number of rotatable bonds is 8. The lowest BCUT2D eigenvalue weighted by atomic mass is 9.98. The Morgan fingerprint density at radius 2 is 2.00 bits per heavy atom. The molecule has 0 saturated heterocycles. The van der Waals surface area contributed by atoms with Gasteiger partial charge in [0.15, 0.2) is 0 Å². The highest BCUT2D eigenvalue weighted by molar-refractivity contribution is 5.61. The van der Waals surface area contributed by atoms with E-state index in [-0.39, 0.29) is 24.7 Å². The van der Waals surface area contributed by atoms with Crippen LogP contribution in [0.1, 0.15) is 32.4 Å². The number of nitrogens with zero attached hydrogens (tertiary/aromatic N) is 3. The van der Waals surface area contributed by atoms with Gasteiger partial charge in [0.25, 0.3) is 0 Å². The molecule has 114 valence electrons. The molecular formula is C12H22N4O4. The number of nitrogens with one attached hydrogen (secondary N) is 1. The van der Waals surface area contributed by atoms with E-state index in [0.717, 1.165) is 6.42 Å². The quantitative estimate of drug-likeness (QED) is 0.482. The molecule has 1 aromatic heterocycles. The second-order valence-electron chi connectivity index (χ2n) is 4.85. The maximum Gasteiger partial charge on any atom is 0.334 e. The molecule has 3 N–H and O–H groups in total. The van der Waals surface area contributed by atoms with Crippen LogP contribution < -0.4 is 5.32 Å². The van der Waals surface area contributed by atoms with E-state index < -0.39 is 10.5 Å². The summed E-state index contributed by atoms with van der Waals surface area (Å²) in [6, 6.07) is 0. The lowest BCUT2D eigenvalue weighted by molar-refractivity contribution is -0.384. The van der Waals surface area contributed by atoms with Gasteiger partial charge in [-0.3, -0.25) is 10.1 Å². The zero-order valence-electron chi connectivity index (χ0n) is 12.1. The van der Waals surface area contributed by atoms with Crippen LogP contribution >= 0.6 is 0 Å². The molecule has 0 aromatic carbocycles. The first-order valence-electron chi connectivity index (χ1n) is 6.64. The maximum absolute atomic E-state index is 11.3. The highest BCUT2D eigenvalue weighted by atomic mass is 16.6. The Kier molecular flexibility index (Phi) is 5.46. The molecule has 0 aliphatic carbocycles. The third-order valence-electron chi connectivity index (χ3n) is 3.43. The topological polar surface area (TPSA) is 113 Å². The lowest BCUT2D eigenvalue weighted by Crippen LogP contribution is -2.45. The summed E-state index contributed by atoms with van der Waals surface area (Å²) in [4.78, 5) is 10.8. The summed E-state index contributed by atoms with van der Waals surface area (Å²) >= 11 is 0. The van der Waals surface area contributed by atoms with Gasteiger partial charge in [-0.05, 0) is 12.8 Å². The van der Waals surface area contributed by atoms with E-state index in [0.29, 0.717) is 18.5 Å². The lowest BCUT2D eigenvalue weighted by Gasteiger charge is -2.30. The van der Waals surface area contributed by atoms with Crippen LogP contribution in [-0.2, 0) is 13.5 Å². The minimum absolute atomic E-state index is 0.0888. The number of aliphatic hydroxyl groups is 2. The van der Waals surface area contributed by atoms with Crippen LogP contribution in [0.25, 0.3) is 0 Å². The SMILES string of the molecule is CCCc1nn(C)c(NC(CC)(CO)CO)c1[N+](=O)[O-]. The highest BCUT2D eigenvalue weighted by Crippen LogP contribution is 2.31. The van der Waals surface area contributed by atoms with E-state index in [2.05, 4.69) is 10.4 Å². The van der Waals surface area contributed by atoms with Crippen molar-refractivity contribution in [1.29, 1.82) is 0 Å². The van der Waals surface area contributed by atoms with Gasteiger partial charge in [-0.15, -0.1) is 0 Å². The van der Waals surface area contributed by atoms with E-state index in [1.165, 1.54) is 4.68 Å². The molecule has 0 saturated carbocycles. The maximum atomic E-state index is 11.3. The van der Waals surface area contributed by atoms with Crippen LogP contribution in [0.15, 0.2) is 0 Å². The van der Waals surface area contributed by atoms with Crippen molar-refractivity contribution in [2.24, 2.45) is 7.05 Å². The van der Waals surface area contributed by atoms with Crippen molar-refractivity contribution in [3.63, 3.8) is 0 Å². The monoisotopic (exact) mass is 286 g/mol. The molecule has 0 aliphatic heterocycles. The van der Waals surface area contributed by atoms with E-state index >= 15 is 0 Å². The van der Waals surface area contributed by atoms with Crippen molar-refractivity contribution >= 4 is 11.5 Å². The first-order chi connectivity index (χ1) is 9.44. The Labute approximate surface area is 117 Å². The van der Waals surface area contributed by atoms with Crippen LogP contribution in [0.5, 0.6) is 0 Å². The normalized spacial score (nSPS) is 11.7. The Morgan fingerprint density at radius 1 is 1.40 bits per heavy atom. The molecule has 8 nitrogen and oxygen atoms in total. The Morgan fingerprint density at radius 3 is 2.40 bits per heavy atom. The van der Waals surface area contributed by atoms with Crippen LogP contribution in [0.4, 0.5) is 11.5 Å². The first kappa shape index (κ1) is 16.4. The number of hydrogen-bond acceptors (Lipinski definition) is 6. The molecule has 8 heteroatoms. The van der Waals surface area contributed by atoms with Crippen molar-refractivity contribution in [3.05, 3.63) is 15.8 Å². The zero-order chi connectivity index (χ0) is 15.3. The summed E-state index contributed by atoms with van der Waals surface area (Å²) in [5, 5.41) is 37.2. The van der Waals surface area contributed by atoms with E-state index in [4.69, 9.17) is 0 Å². The Balaban J connectivity index is 3.26. The molecule has 0 bridgehead atoms. The van der Waals surface area contributed by atoms with Gasteiger partial charge in [0.1, 0.15) is 5.69 Å². The molecule has 0 amide bonds. The summed E-state index contributed by atoms with van der Waals surface area (Å²) in [6.45, 7) is 3.05. The molecule has 0 radical (unpaired) electrons. The van der Waals surface area contributed by atoms with E-state index in [1.54, 1.807) is 14.0 Å². The largest absolute Gasteiger partial charge is 0.394 e. The van der Waals surface area contributed by atoms with Crippen LogP contribution in [0.2, 0.25) is 0 Å². The number of aryl methyl sites for hydroxylation is 2. The molecule has 20 heavy (non-hydrogen) atoms. The molecule has 0 aliphatic rings. The number of aliphatic hydroxyl groups excluding tert-OH is 2. The van der Waals surface area contributed by atoms with Crippen molar-refractivity contribution in [1.82, 2.24) is 9.78 Å². The summed E-state index contributed by atoms with van der Waals surface area (Å²) in [5.74, 6) is 0.211. The van der Waals surface area contributed by atoms with Gasteiger partial charge in [-0.2, -0.15) is 5.10 Å². The van der Waals surface area contributed by atoms with Gasteiger partial charge < -0.3 is 15.5 Å². The number of hydrogen-bond donors (Lipinski definition) is 3. The predicted molar refractivity (Wildman–Crippen MR) is 74.7 cm³/mol. The van der Waals surface area contributed by atoms with Crippen LogP contribution in [0, 0.1) is 10.1 Å². The molecule has 0 spiro atoms. The number of anilines is 1. The summed E-state index contributed by atoms with van der Waals surface area (Å²) in [5.41, 5.74) is -0.681. The van der Waals surface area contributed by atoms with Crippen molar-refractivity contribution < 1.29 is 15.1 Å². The predicted octanol–water partition coefficient (Wildman–Crippen LogP) is 0.826. The average Bonchev–Trinajstić information content (AvgIpc) is 2.72. The number of nitro groups is 1. The van der Waals surface area contributed by atoms with Gasteiger partial charge in [-0.1, -0.05) is 20.3 Å². The summed E-state index contributed by atoms with van der Waals surface area (Å²) in [6.07, 6.45) is 1.67. The van der Waals surface area contributed by atoms with Crippen molar-refractivity contribution in [3.8, 4) is 0 Å². The Bertz CT molecular complexity index is 460. The Hall–Kier alpha value is -1.67. The first-order valence-corrected chi connectivity index (χ1v) is 6.64. The zero-order valence-corrected chi connectivity index (χ0v) is 12.1. The van der Waals surface area contributed by atoms with Gasteiger partial charge in [0.2, 0.25) is 5.82 Å². The fourth-order valence-corrected chi connectivity index (χ4v) is 2.00. The fourth-order valence-electron chi connectivity index (χ4n) is 2.00. The average molecular weight is 286 g/mol. The minimum atomic E-state index is -0.998. The third kappa shape index (κ3) is 3.07. The standard InChI is InChI=1S/C12H22N4O4/c1-4-6-9-10(16(19)20)11(15(3)14-9)13-12(5-2,7-17)8-18/h13,17-18H,4-8H2,1-3H3. The number of aromatic nitrogens is 2. The van der Waals surface area contributed by atoms with Crippen molar-refractivity contribution in [2.75, 3.05) is 18.5 Å². The van der Waals surface area contributed by atoms with Crippen LogP contribution in [0.3, 0.4) is 0 Å². The molecular weight excluding hydrogens is 264 g/mol. The molecule has 1 aromatic rings. The fraction of sp³-hybridized carbons (Fsp3) is 0.750. The van der Waals surface area contributed by atoms with Gasteiger partial charge in [0.05, 0.1) is 23.7 Å². The van der Waals surface area contributed by atoms with Gasteiger partial charge in [-0.25, -0.2) is 4.68 Å². The van der Waals surface area contributed by atoms with Gasteiger partial charge >= 0.3 is 5.69 Å². The third-order valence-corrected chi connectivity index (χ3v) is 3.43. The molecule has 0 atom stereocenters. The second-order valence-corrected chi connectivity index (χ2v) is 4.85.